The van der Waals surface area contributed by atoms with Gasteiger partial charge in [-0.2, -0.15) is 5.26 Å². The van der Waals surface area contributed by atoms with Crippen LogP contribution >= 0.6 is 0 Å². The molecule has 0 saturated heterocycles. The number of nitrogens with zero attached hydrogens (tertiary/aromatic N) is 2. The third kappa shape index (κ3) is 6.72. The zero-order valence-corrected chi connectivity index (χ0v) is 9.74. The lowest BCUT2D eigenvalue weighted by molar-refractivity contribution is -0.139. The fraction of sp³-hybridized carbons (Fsp3) is 0.556. The van der Waals surface area contributed by atoms with Crippen molar-refractivity contribution in [1.82, 2.24) is 20.9 Å². The fourth-order valence-electron chi connectivity index (χ4n) is 0.784. The largest absolute Gasteiger partial charge is 0.346 e. The van der Waals surface area contributed by atoms with Gasteiger partial charge in [-0.25, -0.2) is 4.79 Å². The predicted molar refractivity (Wildman–Crippen MR) is 58.7 cm³/mol. The van der Waals surface area contributed by atoms with Gasteiger partial charge in [-0.3, -0.25) is 9.59 Å². The molecule has 0 fully saturated rings. The number of hydrogen-bond donors (Lipinski definition) is 3. The highest BCUT2D eigenvalue weighted by molar-refractivity contribution is 6.35. The molecule has 94 valence electrons. The Bertz CT molecular complexity index is 334. The molecule has 4 amide bonds. The Hall–Kier alpha value is -2.30. The lowest BCUT2D eigenvalue weighted by Crippen LogP contribution is -2.44. The third-order valence-electron chi connectivity index (χ3n) is 1.63. The average molecular weight is 241 g/mol. The standard InChI is InChI=1S/C9H15N5O3/c1-14(2)9(17)13-6-5-12-8(16)7(15)11-4-3-10/h4-6H2,1-2H3,(H,11,15)(H,12,16)(H,13,17). The Morgan fingerprint density at radius 3 is 2.12 bits per heavy atom. The summed E-state index contributed by atoms with van der Waals surface area (Å²) in [6.45, 7) is 0.135. The van der Waals surface area contributed by atoms with Crippen LogP contribution in [-0.4, -0.2) is 56.5 Å². The second-order valence-electron chi connectivity index (χ2n) is 3.22. The highest BCUT2D eigenvalue weighted by Gasteiger charge is 2.11. The normalized spacial score (nSPS) is 8.76. The molecule has 8 nitrogen and oxygen atoms in total. The van der Waals surface area contributed by atoms with Crippen LogP contribution in [0.1, 0.15) is 0 Å². The molecule has 17 heavy (non-hydrogen) atoms. The molecular formula is C9H15N5O3. The maximum absolute atomic E-state index is 11.1. The summed E-state index contributed by atoms with van der Waals surface area (Å²) in [5.74, 6) is -1.70. The summed E-state index contributed by atoms with van der Waals surface area (Å²) in [7, 11) is 3.17. The van der Waals surface area contributed by atoms with E-state index < -0.39 is 11.8 Å². The van der Waals surface area contributed by atoms with E-state index in [1.807, 2.05) is 0 Å². The van der Waals surface area contributed by atoms with Crippen LogP contribution in [0.25, 0.3) is 0 Å². The number of rotatable bonds is 4. The van der Waals surface area contributed by atoms with E-state index >= 15 is 0 Å². The summed E-state index contributed by atoms with van der Waals surface area (Å²) in [6, 6.07) is 1.39. The molecule has 8 heteroatoms. The van der Waals surface area contributed by atoms with Crippen LogP contribution in [0.5, 0.6) is 0 Å². The first kappa shape index (κ1) is 14.7. The van der Waals surface area contributed by atoms with Crippen molar-refractivity contribution in [2.75, 3.05) is 33.7 Å². The fourth-order valence-corrected chi connectivity index (χ4v) is 0.784. The molecule has 3 N–H and O–H groups in total. The van der Waals surface area contributed by atoms with E-state index in [1.165, 1.54) is 4.90 Å². The lowest BCUT2D eigenvalue weighted by Gasteiger charge is -2.11. The molecule has 0 aromatic heterocycles. The van der Waals surface area contributed by atoms with E-state index in [9.17, 15) is 14.4 Å². The maximum atomic E-state index is 11.1. The Labute approximate surface area is 98.9 Å². The van der Waals surface area contributed by atoms with Crippen molar-refractivity contribution in [3.8, 4) is 6.07 Å². The van der Waals surface area contributed by atoms with Crippen LogP contribution in [0.2, 0.25) is 0 Å². The number of nitriles is 1. The minimum Gasteiger partial charge on any atom is -0.346 e. The Balaban J connectivity index is 3.69. The summed E-state index contributed by atoms with van der Waals surface area (Å²) in [5, 5.41) is 15.1. The summed E-state index contributed by atoms with van der Waals surface area (Å²) < 4.78 is 0. The number of carbonyl (C=O) groups excluding carboxylic acids is 3. The zero-order valence-electron chi connectivity index (χ0n) is 9.74. The van der Waals surface area contributed by atoms with Crippen LogP contribution in [0.4, 0.5) is 4.79 Å². The van der Waals surface area contributed by atoms with Crippen LogP contribution in [0.3, 0.4) is 0 Å². The second-order valence-corrected chi connectivity index (χ2v) is 3.22. The minimum absolute atomic E-state index is 0.137. The number of nitrogens with one attached hydrogen (secondary N) is 3. The number of hydrogen-bond acceptors (Lipinski definition) is 4. The highest BCUT2D eigenvalue weighted by atomic mass is 16.2. The Kier molecular flexibility index (Phi) is 6.85. The first-order valence-corrected chi connectivity index (χ1v) is 4.87. The van der Waals surface area contributed by atoms with Gasteiger partial charge in [0, 0.05) is 27.2 Å². The van der Waals surface area contributed by atoms with E-state index in [-0.39, 0.29) is 25.7 Å². The molecule has 0 heterocycles. The molecule has 0 aromatic carbocycles. The van der Waals surface area contributed by atoms with E-state index in [0.717, 1.165) is 0 Å². The summed E-state index contributed by atoms with van der Waals surface area (Å²) in [5.41, 5.74) is 0. The maximum Gasteiger partial charge on any atom is 0.316 e. The van der Waals surface area contributed by atoms with Gasteiger partial charge in [0.2, 0.25) is 0 Å². The molecule has 0 aliphatic rings. The van der Waals surface area contributed by atoms with Crippen molar-refractivity contribution in [1.29, 1.82) is 5.26 Å². The number of amides is 4. The lowest BCUT2D eigenvalue weighted by atomic mass is 10.5. The van der Waals surface area contributed by atoms with E-state index in [4.69, 9.17) is 5.26 Å². The molecule has 0 radical (unpaired) electrons. The van der Waals surface area contributed by atoms with Gasteiger partial charge in [-0.05, 0) is 0 Å². The van der Waals surface area contributed by atoms with Gasteiger partial charge in [-0.1, -0.05) is 0 Å². The van der Waals surface area contributed by atoms with Crippen LogP contribution in [-0.2, 0) is 9.59 Å². The average Bonchev–Trinajstić information content (AvgIpc) is 2.30. The third-order valence-corrected chi connectivity index (χ3v) is 1.63. The van der Waals surface area contributed by atoms with Gasteiger partial charge in [0.15, 0.2) is 0 Å². The van der Waals surface area contributed by atoms with Crippen LogP contribution in [0, 0.1) is 11.3 Å². The van der Waals surface area contributed by atoms with Gasteiger partial charge in [0.25, 0.3) is 0 Å². The molecule has 0 unspecified atom stereocenters. The van der Waals surface area contributed by atoms with Gasteiger partial charge < -0.3 is 20.9 Å². The van der Waals surface area contributed by atoms with Crippen molar-refractivity contribution in [3.63, 3.8) is 0 Å². The van der Waals surface area contributed by atoms with Crippen LogP contribution in [0.15, 0.2) is 0 Å². The van der Waals surface area contributed by atoms with Gasteiger partial charge in [0.1, 0.15) is 6.54 Å². The Morgan fingerprint density at radius 1 is 1.06 bits per heavy atom. The topological polar surface area (TPSA) is 114 Å². The van der Waals surface area contributed by atoms with Gasteiger partial charge in [0.05, 0.1) is 6.07 Å². The molecule has 0 aromatic rings. The van der Waals surface area contributed by atoms with Gasteiger partial charge >= 0.3 is 17.8 Å². The molecule has 0 atom stereocenters. The molecule has 0 rings (SSSR count). The molecule has 0 aliphatic carbocycles. The van der Waals surface area contributed by atoms with Crippen molar-refractivity contribution in [2.24, 2.45) is 0 Å². The summed E-state index contributed by atoms with van der Waals surface area (Å²) in [4.78, 5) is 34.4. The smallest absolute Gasteiger partial charge is 0.316 e. The molecular weight excluding hydrogens is 226 g/mol. The second kappa shape index (κ2) is 7.92. The SMILES string of the molecule is CN(C)C(=O)NCCNC(=O)C(=O)NCC#N. The quantitative estimate of drug-likeness (QED) is 0.300. The molecule has 0 saturated carbocycles. The molecule has 0 spiro atoms. The van der Waals surface area contributed by atoms with Crippen molar-refractivity contribution < 1.29 is 14.4 Å². The zero-order chi connectivity index (χ0) is 13.3. The number of carbonyl (C=O) groups is 3. The van der Waals surface area contributed by atoms with E-state index in [2.05, 4.69) is 16.0 Å². The predicted octanol–water partition coefficient (Wildman–Crippen LogP) is -1.99. The summed E-state index contributed by atoms with van der Waals surface area (Å²) >= 11 is 0. The minimum atomic E-state index is -0.870. The molecule has 0 bridgehead atoms. The van der Waals surface area contributed by atoms with E-state index in [1.54, 1.807) is 20.2 Å². The molecule has 0 aliphatic heterocycles. The van der Waals surface area contributed by atoms with Crippen molar-refractivity contribution in [2.45, 2.75) is 0 Å². The summed E-state index contributed by atoms with van der Waals surface area (Å²) in [6.07, 6.45) is 0. The van der Waals surface area contributed by atoms with Crippen molar-refractivity contribution >= 4 is 17.8 Å². The first-order valence-electron chi connectivity index (χ1n) is 4.87. The van der Waals surface area contributed by atoms with Gasteiger partial charge in [-0.15, -0.1) is 0 Å². The monoisotopic (exact) mass is 241 g/mol. The number of urea groups is 1. The first-order chi connectivity index (χ1) is 7.99. The Morgan fingerprint density at radius 2 is 1.59 bits per heavy atom. The highest BCUT2D eigenvalue weighted by Crippen LogP contribution is 1.75. The van der Waals surface area contributed by atoms with Crippen molar-refractivity contribution in [3.05, 3.63) is 0 Å². The van der Waals surface area contributed by atoms with E-state index in [0.29, 0.717) is 0 Å². The van der Waals surface area contributed by atoms with Crippen LogP contribution < -0.4 is 16.0 Å².